The molecule has 0 radical (unpaired) electrons. The lowest BCUT2D eigenvalue weighted by molar-refractivity contribution is -0.119. The Balaban J connectivity index is 2.95. The maximum absolute atomic E-state index is 13.3. The van der Waals surface area contributed by atoms with Crippen LogP contribution in [0.1, 0.15) is 13.8 Å². The summed E-state index contributed by atoms with van der Waals surface area (Å²) in [7, 11) is 0. The first kappa shape index (κ1) is 14.8. The number of hydrogen-bond acceptors (Lipinski definition) is 3. The van der Waals surface area contributed by atoms with Gasteiger partial charge in [0, 0.05) is 19.2 Å². The summed E-state index contributed by atoms with van der Waals surface area (Å²) < 4.78 is 13.6. The van der Waals surface area contributed by atoms with Crippen molar-refractivity contribution < 1.29 is 9.18 Å². The zero-order valence-electron chi connectivity index (χ0n) is 10.5. The highest BCUT2D eigenvalue weighted by molar-refractivity contribution is 9.10. The fraction of sp³-hybridized carbons (Fsp3) is 0.417. The number of nitrogen functional groups attached to an aromatic ring is 1. The van der Waals surface area contributed by atoms with E-state index in [2.05, 4.69) is 21.2 Å². The predicted octanol–water partition coefficient (Wildman–Crippen LogP) is 2.13. The molecular weight excluding hydrogens is 301 g/mol. The molecule has 1 amide bonds. The summed E-state index contributed by atoms with van der Waals surface area (Å²) in [6.45, 7) is 5.16. The van der Waals surface area contributed by atoms with Crippen LogP contribution in [0.15, 0.2) is 16.6 Å². The maximum atomic E-state index is 13.3. The Kier molecular flexibility index (Phi) is 5.40. The van der Waals surface area contributed by atoms with Gasteiger partial charge in [-0.2, -0.15) is 0 Å². The number of amides is 1. The molecular formula is C12H17BrFN3O. The molecule has 100 valence electrons. The van der Waals surface area contributed by atoms with E-state index in [0.717, 1.165) is 0 Å². The standard InChI is InChI=1S/C12H17BrFN3O/c1-3-16-12(18)7-17(4-2)11-5-8(13)9(14)6-10(11)15/h5-6H,3-4,7,15H2,1-2H3,(H,16,18). The van der Waals surface area contributed by atoms with Crippen molar-refractivity contribution in [2.75, 3.05) is 30.3 Å². The number of anilines is 2. The monoisotopic (exact) mass is 317 g/mol. The molecule has 0 aliphatic rings. The van der Waals surface area contributed by atoms with Gasteiger partial charge in [0.1, 0.15) is 5.82 Å². The smallest absolute Gasteiger partial charge is 0.239 e. The Morgan fingerprint density at radius 1 is 1.50 bits per heavy atom. The summed E-state index contributed by atoms with van der Waals surface area (Å²) in [6, 6.07) is 2.84. The Morgan fingerprint density at radius 2 is 2.17 bits per heavy atom. The van der Waals surface area contributed by atoms with Gasteiger partial charge in [0.2, 0.25) is 5.91 Å². The Bertz CT molecular complexity index is 440. The first-order valence-electron chi connectivity index (χ1n) is 5.75. The van der Waals surface area contributed by atoms with E-state index in [1.54, 1.807) is 11.0 Å². The Hall–Kier alpha value is -1.30. The number of nitrogens with two attached hydrogens (primary N) is 1. The molecule has 4 nitrogen and oxygen atoms in total. The molecule has 0 aliphatic carbocycles. The molecule has 0 saturated carbocycles. The normalized spacial score (nSPS) is 10.2. The SMILES string of the molecule is CCNC(=O)CN(CC)c1cc(Br)c(F)cc1N. The van der Waals surface area contributed by atoms with E-state index in [0.29, 0.717) is 28.9 Å². The minimum atomic E-state index is -0.412. The number of nitrogens with zero attached hydrogens (tertiary/aromatic N) is 1. The molecule has 1 rings (SSSR count). The summed E-state index contributed by atoms with van der Waals surface area (Å²) in [4.78, 5) is 13.4. The van der Waals surface area contributed by atoms with E-state index >= 15 is 0 Å². The summed E-state index contributed by atoms with van der Waals surface area (Å²) in [5.41, 5.74) is 6.75. The summed E-state index contributed by atoms with van der Waals surface area (Å²) in [6.07, 6.45) is 0. The van der Waals surface area contributed by atoms with Crippen LogP contribution in [0.3, 0.4) is 0 Å². The third-order valence-electron chi connectivity index (χ3n) is 2.50. The van der Waals surface area contributed by atoms with Crippen LogP contribution in [-0.2, 0) is 4.79 Å². The van der Waals surface area contributed by atoms with Crippen LogP contribution in [-0.4, -0.2) is 25.5 Å². The summed E-state index contributed by atoms with van der Waals surface area (Å²) >= 11 is 3.12. The highest BCUT2D eigenvalue weighted by Crippen LogP contribution is 2.29. The third-order valence-corrected chi connectivity index (χ3v) is 3.11. The zero-order chi connectivity index (χ0) is 13.7. The van der Waals surface area contributed by atoms with Gasteiger partial charge in [0.15, 0.2) is 0 Å². The average molecular weight is 318 g/mol. The molecule has 0 bridgehead atoms. The van der Waals surface area contributed by atoms with Crippen molar-refractivity contribution in [3.63, 3.8) is 0 Å². The van der Waals surface area contributed by atoms with Crippen LogP contribution < -0.4 is 16.0 Å². The number of likely N-dealkylation sites (N-methyl/N-ethyl adjacent to an activating group) is 2. The van der Waals surface area contributed by atoms with Crippen molar-refractivity contribution in [3.8, 4) is 0 Å². The number of hydrogen-bond donors (Lipinski definition) is 2. The molecule has 0 aromatic heterocycles. The molecule has 3 N–H and O–H groups in total. The topological polar surface area (TPSA) is 58.4 Å². The molecule has 0 atom stereocenters. The minimum absolute atomic E-state index is 0.0841. The quantitative estimate of drug-likeness (QED) is 0.818. The lowest BCUT2D eigenvalue weighted by atomic mass is 10.2. The minimum Gasteiger partial charge on any atom is -0.397 e. The third kappa shape index (κ3) is 3.60. The highest BCUT2D eigenvalue weighted by atomic mass is 79.9. The average Bonchev–Trinajstić information content (AvgIpc) is 2.31. The second-order valence-corrected chi connectivity index (χ2v) is 4.65. The number of rotatable bonds is 5. The Morgan fingerprint density at radius 3 is 2.72 bits per heavy atom. The highest BCUT2D eigenvalue weighted by Gasteiger charge is 2.14. The van der Waals surface area contributed by atoms with Crippen LogP contribution in [0, 0.1) is 5.82 Å². The van der Waals surface area contributed by atoms with Gasteiger partial charge in [-0.3, -0.25) is 4.79 Å². The van der Waals surface area contributed by atoms with Crippen molar-refractivity contribution in [1.29, 1.82) is 0 Å². The van der Waals surface area contributed by atoms with Gasteiger partial charge in [-0.05, 0) is 35.8 Å². The number of nitrogens with one attached hydrogen (secondary N) is 1. The summed E-state index contributed by atoms with van der Waals surface area (Å²) in [5, 5.41) is 2.72. The van der Waals surface area contributed by atoms with Gasteiger partial charge >= 0.3 is 0 Å². The van der Waals surface area contributed by atoms with E-state index in [1.807, 2.05) is 13.8 Å². The molecule has 1 aromatic carbocycles. The molecule has 0 heterocycles. The number of carbonyl (C=O) groups excluding carboxylic acids is 1. The lowest BCUT2D eigenvalue weighted by Gasteiger charge is -2.24. The van der Waals surface area contributed by atoms with Gasteiger partial charge in [-0.1, -0.05) is 0 Å². The van der Waals surface area contributed by atoms with Crippen molar-refractivity contribution in [2.45, 2.75) is 13.8 Å². The first-order valence-corrected chi connectivity index (χ1v) is 6.55. The van der Waals surface area contributed by atoms with E-state index in [4.69, 9.17) is 5.73 Å². The van der Waals surface area contributed by atoms with Crippen LogP contribution >= 0.6 is 15.9 Å². The molecule has 0 saturated heterocycles. The van der Waals surface area contributed by atoms with Crippen molar-refractivity contribution in [1.82, 2.24) is 5.32 Å². The number of carbonyl (C=O) groups is 1. The van der Waals surface area contributed by atoms with E-state index in [-0.39, 0.29) is 12.5 Å². The fourth-order valence-corrected chi connectivity index (χ4v) is 1.95. The van der Waals surface area contributed by atoms with E-state index in [9.17, 15) is 9.18 Å². The zero-order valence-corrected chi connectivity index (χ0v) is 12.1. The van der Waals surface area contributed by atoms with Crippen LogP contribution in [0.4, 0.5) is 15.8 Å². The van der Waals surface area contributed by atoms with Gasteiger partial charge in [0.25, 0.3) is 0 Å². The second kappa shape index (κ2) is 6.58. The fourth-order valence-electron chi connectivity index (χ4n) is 1.62. The van der Waals surface area contributed by atoms with Crippen molar-refractivity contribution in [2.24, 2.45) is 0 Å². The molecule has 0 fully saturated rings. The Labute approximate surface area is 114 Å². The van der Waals surface area contributed by atoms with Gasteiger partial charge in [-0.15, -0.1) is 0 Å². The maximum Gasteiger partial charge on any atom is 0.239 e. The van der Waals surface area contributed by atoms with E-state index in [1.165, 1.54) is 6.07 Å². The lowest BCUT2D eigenvalue weighted by Crippen LogP contribution is -2.37. The first-order chi connectivity index (χ1) is 8.49. The van der Waals surface area contributed by atoms with Crippen LogP contribution in [0.2, 0.25) is 0 Å². The molecule has 18 heavy (non-hydrogen) atoms. The van der Waals surface area contributed by atoms with Gasteiger partial charge in [-0.25, -0.2) is 4.39 Å². The van der Waals surface area contributed by atoms with Crippen LogP contribution in [0.25, 0.3) is 0 Å². The van der Waals surface area contributed by atoms with Crippen molar-refractivity contribution >= 4 is 33.2 Å². The van der Waals surface area contributed by atoms with Crippen molar-refractivity contribution in [3.05, 3.63) is 22.4 Å². The molecule has 1 aromatic rings. The van der Waals surface area contributed by atoms with Crippen LogP contribution in [0.5, 0.6) is 0 Å². The van der Waals surface area contributed by atoms with Gasteiger partial charge < -0.3 is 16.0 Å². The number of benzene rings is 1. The van der Waals surface area contributed by atoms with Gasteiger partial charge in [0.05, 0.1) is 22.4 Å². The summed E-state index contributed by atoms with van der Waals surface area (Å²) in [5.74, 6) is -0.496. The largest absolute Gasteiger partial charge is 0.397 e. The molecule has 0 aliphatic heterocycles. The molecule has 0 unspecified atom stereocenters. The molecule has 0 spiro atoms. The number of halogens is 2. The predicted molar refractivity (Wildman–Crippen MR) is 75.1 cm³/mol. The second-order valence-electron chi connectivity index (χ2n) is 3.79. The molecule has 6 heteroatoms. The van der Waals surface area contributed by atoms with E-state index < -0.39 is 5.82 Å².